The van der Waals surface area contributed by atoms with Crippen molar-refractivity contribution < 1.29 is 4.74 Å². The van der Waals surface area contributed by atoms with Crippen LogP contribution in [0.15, 0.2) is 65.8 Å². The number of nitrogens with zero attached hydrogens (tertiary/aromatic N) is 2. The third-order valence-corrected chi connectivity index (χ3v) is 4.60. The molecule has 1 aliphatic heterocycles. The highest BCUT2D eigenvalue weighted by Gasteiger charge is 2.47. The van der Waals surface area contributed by atoms with Crippen molar-refractivity contribution in [2.24, 2.45) is 5.10 Å². The third kappa shape index (κ3) is 2.32. The Hall–Kier alpha value is -2.13. The largest absolute Gasteiger partial charge is 0.367 e. The van der Waals surface area contributed by atoms with E-state index in [2.05, 4.69) is 65.4 Å². The zero-order valence-corrected chi connectivity index (χ0v) is 13.0. The molecule has 114 valence electrons. The van der Waals surface area contributed by atoms with Crippen LogP contribution in [0.5, 0.6) is 0 Å². The summed E-state index contributed by atoms with van der Waals surface area (Å²) < 4.78 is 6.20. The first-order valence-corrected chi connectivity index (χ1v) is 7.72. The molecule has 1 heterocycles. The quantitative estimate of drug-likeness (QED) is 0.786. The highest BCUT2D eigenvalue weighted by molar-refractivity contribution is 5.39. The van der Waals surface area contributed by atoms with E-state index in [1.54, 1.807) is 7.11 Å². The fraction of sp³-hybridized carbons (Fsp3) is 0.316. The Labute approximate surface area is 132 Å². The molecule has 0 bridgehead atoms. The van der Waals surface area contributed by atoms with Crippen molar-refractivity contribution in [3.63, 3.8) is 0 Å². The van der Waals surface area contributed by atoms with Crippen LogP contribution in [0.4, 0.5) is 0 Å². The Bertz CT molecular complexity index is 572. The molecule has 0 amide bonds. The highest BCUT2D eigenvalue weighted by atomic mass is 16.5. The number of hydrogen-bond donors (Lipinski definition) is 0. The molecule has 0 unspecified atom stereocenters. The van der Waals surface area contributed by atoms with Gasteiger partial charge in [-0.3, -0.25) is 5.01 Å². The maximum absolute atomic E-state index is 6.20. The molecule has 0 N–H and O–H groups in total. The lowest BCUT2D eigenvalue weighted by atomic mass is 9.79. The molecule has 0 spiro atoms. The average Bonchev–Trinajstić information content (AvgIpc) is 3.07. The van der Waals surface area contributed by atoms with E-state index in [0.717, 1.165) is 30.5 Å². The third-order valence-electron chi connectivity index (χ3n) is 4.60. The molecule has 3 heteroatoms. The van der Waals surface area contributed by atoms with E-state index >= 15 is 0 Å². The molecule has 2 aromatic carbocycles. The zero-order valence-electron chi connectivity index (χ0n) is 13.0. The van der Waals surface area contributed by atoms with Crippen molar-refractivity contribution in [1.29, 1.82) is 0 Å². The summed E-state index contributed by atoms with van der Waals surface area (Å²) in [5.41, 5.74) is 1.79. The molecule has 3 rings (SSSR count). The van der Waals surface area contributed by atoms with Crippen molar-refractivity contribution in [3.8, 4) is 0 Å². The molecule has 22 heavy (non-hydrogen) atoms. The van der Waals surface area contributed by atoms with E-state index < -0.39 is 5.60 Å². The molecule has 1 atom stereocenters. The Morgan fingerprint density at radius 1 is 1.05 bits per heavy atom. The molecule has 0 radical (unpaired) electrons. The Morgan fingerprint density at radius 3 is 2.05 bits per heavy atom. The van der Waals surface area contributed by atoms with Crippen LogP contribution >= 0.6 is 0 Å². The fourth-order valence-corrected chi connectivity index (χ4v) is 3.63. The van der Waals surface area contributed by atoms with Crippen LogP contribution in [-0.2, 0) is 10.3 Å². The minimum atomic E-state index is -0.528. The van der Waals surface area contributed by atoms with Crippen molar-refractivity contribution >= 4 is 6.72 Å². The first-order chi connectivity index (χ1) is 10.8. The monoisotopic (exact) mass is 294 g/mol. The number of hydrogen-bond acceptors (Lipinski definition) is 3. The van der Waals surface area contributed by atoms with E-state index in [9.17, 15) is 0 Å². The van der Waals surface area contributed by atoms with Gasteiger partial charge in [-0.2, -0.15) is 5.10 Å². The molecule has 0 saturated carbocycles. The van der Waals surface area contributed by atoms with E-state index in [4.69, 9.17) is 4.74 Å². The molecular formula is C19H22N2O. The van der Waals surface area contributed by atoms with Crippen LogP contribution in [0.3, 0.4) is 0 Å². The van der Waals surface area contributed by atoms with Crippen molar-refractivity contribution in [1.82, 2.24) is 5.01 Å². The fourth-order valence-electron chi connectivity index (χ4n) is 3.63. The Balaban J connectivity index is 2.19. The molecule has 1 saturated heterocycles. The predicted octanol–water partition coefficient (Wildman–Crippen LogP) is 3.66. The normalized spacial score (nSPS) is 18.4. The second-order valence-electron chi connectivity index (χ2n) is 5.63. The highest BCUT2D eigenvalue weighted by Crippen LogP contribution is 2.42. The van der Waals surface area contributed by atoms with Gasteiger partial charge in [-0.15, -0.1) is 0 Å². The van der Waals surface area contributed by atoms with Gasteiger partial charge in [-0.1, -0.05) is 60.7 Å². The minimum Gasteiger partial charge on any atom is -0.367 e. The first-order valence-electron chi connectivity index (χ1n) is 7.72. The Kier molecular flexibility index (Phi) is 4.25. The predicted molar refractivity (Wildman–Crippen MR) is 90.0 cm³/mol. The van der Waals surface area contributed by atoms with Gasteiger partial charge in [0, 0.05) is 20.4 Å². The lowest BCUT2D eigenvalue weighted by Gasteiger charge is -2.41. The lowest BCUT2D eigenvalue weighted by molar-refractivity contribution is -0.0413. The summed E-state index contributed by atoms with van der Waals surface area (Å²) in [6.07, 6.45) is 2.14. The molecule has 0 aromatic heterocycles. The number of benzene rings is 2. The molecule has 3 nitrogen and oxygen atoms in total. The van der Waals surface area contributed by atoms with Crippen LogP contribution in [0.1, 0.15) is 24.0 Å². The van der Waals surface area contributed by atoms with Gasteiger partial charge in [-0.25, -0.2) is 0 Å². The van der Waals surface area contributed by atoms with Gasteiger partial charge in [-0.05, 0) is 24.0 Å². The SMILES string of the molecule is C=NN1CCC[C@H]1C(OC)(c1ccccc1)c1ccccc1. The number of ether oxygens (including phenoxy) is 1. The second kappa shape index (κ2) is 6.32. The summed E-state index contributed by atoms with van der Waals surface area (Å²) in [6.45, 7) is 4.68. The molecule has 1 aliphatic rings. The van der Waals surface area contributed by atoms with E-state index in [1.165, 1.54) is 0 Å². The van der Waals surface area contributed by atoms with Crippen molar-refractivity contribution in [2.75, 3.05) is 13.7 Å². The van der Waals surface area contributed by atoms with Gasteiger partial charge in [0.2, 0.25) is 0 Å². The van der Waals surface area contributed by atoms with Crippen molar-refractivity contribution in [3.05, 3.63) is 71.8 Å². The summed E-state index contributed by atoms with van der Waals surface area (Å²) in [7, 11) is 1.79. The van der Waals surface area contributed by atoms with Crippen LogP contribution in [0.2, 0.25) is 0 Å². The lowest BCUT2D eigenvalue weighted by Crippen LogP contribution is -2.48. The topological polar surface area (TPSA) is 24.8 Å². The maximum atomic E-state index is 6.20. The number of methoxy groups -OCH3 is 1. The second-order valence-corrected chi connectivity index (χ2v) is 5.63. The zero-order chi connectivity index (χ0) is 15.4. The van der Waals surface area contributed by atoms with Crippen molar-refractivity contribution in [2.45, 2.75) is 24.5 Å². The molecule has 0 aliphatic carbocycles. The van der Waals surface area contributed by atoms with Crippen LogP contribution in [-0.4, -0.2) is 31.4 Å². The summed E-state index contributed by atoms with van der Waals surface area (Å²) >= 11 is 0. The molecule has 1 fully saturated rings. The van der Waals surface area contributed by atoms with E-state index in [-0.39, 0.29) is 6.04 Å². The van der Waals surface area contributed by atoms with Gasteiger partial charge in [0.05, 0.1) is 6.04 Å². The van der Waals surface area contributed by atoms with Gasteiger partial charge in [0.25, 0.3) is 0 Å². The minimum absolute atomic E-state index is 0.153. The van der Waals surface area contributed by atoms with Gasteiger partial charge < -0.3 is 4.74 Å². The summed E-state index contributed by atoms with van der Waals surface area (Å²) in [4.78, 5) is 0. The van der Waals surface area contributed by atoms with E-state index in [1.807, 2.05) is 12.1 Å². The van der Waals surface area contributed by atoms with E-state index in [0.29, 0.717) is 0 Å². The summed E-state index contributed by atoms with van der Waals surface area (Å²) in [5, 5.41) is 6.31. The van der Waals surface area contributed by atoms with Crippen LogP contribution in [0.25, 0.3) is 0 Å². The number of rotatable bonds is 5. The van der Waals surface area contributed by atoms with Gasteiger partial charge >= 0.3 is 0 Å². The average molecular weight is 294 g/mol. The van der Waals surface area contributed by atoms with Gasteiger partial charge in [0.15, 0.2) is 0 Å². The Morgan fingerprint density at radius 2 is 1.59 bits per heavy atom. The molecular weight excluding hydrogens is 272 g/mol. The maximum Gasteiger partial charge on any atom is 0.140 e. The molecule has 2 aromatic rings. The van der Waals surface area contributed by atoms with Crippen LogP contribution in [0, 0.1) is 0 Å². The number of hydrazone groups is 1. The first kappa shape index (κ1) is 14.8. The van der Waals surface area contributed by atoms with Gasteiger partial charge in [0.1, 0.15) is 5.60 Å². The summed E-state index contributed by atoms with van der Waals surface area (Å²) in [5.74, 6) is 0. The smallest absolute Gasteiger partial charge is 0.140 e. The standard InChI is InChI=1S/C19H22N2O/c1-20-21-15-9-14-18(21)19(22-2,16-10-5-3-6-11-16)17-12-7-4-8-13-17/h3-8,10-13,18H,1,9,14-15H2,2H3/t18-/m0/s1. The van der Waals surface area contributed by atoms with Crippen LogP contribution < -0.4 is 0 Å². The summed E-state index contributed by atoms with van der Waals surface area (Å²) in [6, 6.07) is 21.0.